The molecular formula is C11H18N4O2. The van der Waals surface area contributed by atoms with E-state index in [1.807, 2.05) is 0 Å². The topological polar surface area (TPSA) is 90.1 Å². The minimum Gasteiger partial charge on any atom is -0.464 e. The fourth-order valence-electron chi connectivity index (χ4n) is 1.32. The molecule has 94 valence electrons. The molecule has 1 atom stereocenters. The van der Waals surface area contributed by atoms with Gasteiger partial charge in [0.15, 0.2) is 0 Å². The van der Waals surface area contributed by atoms with E-state index < -0.39 is 6.04 Å². The average Bonchev–Trinajstić information content (AvgIpc) is 2.25. The lowest BCUT2D eigenvalue weighted by Gasteiger charge is -2.15. The molecule has 0 fully saturated rings. The Bertz CT molecular complexity index is 420. The maximum absolute atomic E-state index is 11.5. The summed E-state index contributed by atoms with van der Waals surface area (Å²) in [6.07, 6.45) is 0. The number of nitrogens with one attached hydrogen (secondary N) is 1. The maximum atomic E-state index is 11.5. The van der Waals surface area contributed by atoms with Gasteiger partial charge in [0.2, 0.25) is 0 Å². The van der Waals surface area contributed by atoms with Gasteiger partial charge in [0, 0.05) is 5.56 Å². The first-order valence-electron chi connectivity index (χ1n) is 5.49. The van der Waals surface area contributed by atoms with Crippen LogP contribution in [0.4, 0.5) is 11.6 Å². The van der Waals surface area contributed by atoms with Crippen molar-refractivity contribution in [2.24, 2.45) is 0 Å². The van der Waals surface area contributed by atoms with Gasteiger partial charge in [0.25, 0.3) is 0 Å². The van der Waals surface area contributed by atoms with Crippen molar-refractivity contribution in [1.29, 1.82) is 0 Å². The predicted octanol–water partition coefficient (Wildman–Crippen LogP) is 1.04. The largest absolute Gasteiger partial charge is 0.464 e. The summed E-state index contributed by atoms with van der Waals surface area (Å²) in [5, 5.41) is 2.97. The van der Waals surface area contributed by atoms with Crippen LogP contribution < -0.4 is 11.1 Å². The maximum Gasteiger partial charge on any atom is 0.328 e. The van der Waals surface area contributed by atoms with Crippen LogP contribution in [0.3, 0.4) is 0 Å². The summed E-state index contributed by atoms with van der Waals surface area (Å²) in [7, 11) is 0. The Hall–Kier alpha value is -1.85. The van der Waals surface area contributed by atoms with Crippen molar-refractivity contribution >= 4 is 17.6 Å². The number of anilines is 2. The average molecular weight is 238 g/mol. The molecule has 0 spiro atoms. The minimum absolute atomic E-state index is 0.318. The van der Waals surface area contributed by atoms with Crippen molar-refractivity contribution < 1.29 is 9.53 Å². The molecule has 0 bridgehead atoms. The van der Waals surface area contributed by atoms with E-state index in [-0.39, 0.29) is 5.97 Å². The molecule has 0 radical (unpaired) electrons. The number of hydrogen-bond acceptors (Lipinski definition) is 6. The van der Waals surface area contributed by atoms with E-state index in [4.69, 9.17) is 10.5 Å². The van der Waals surface area contributed by atoms with Crippen molar-refractivity contribution in [2.75, 3.05) is 17.7 Å². The molecule has 0 aromatic carbocycles. The Balaban J connectivity index is 2.84. The van der Waals surface area contributed by atoms with Gasteiger partial charge in [0.05, 0.1) is 6.61 Å². The van der Waals surface area contributed by atoms with Gasteiger partial charge in [-0.05, 0) is 27.7 Å². The first kappa shape index (κ1) is 13.2. The van der Waals surface area contributed by atoms with E-state index in [0.717, 1.165) is 5.56 Å². The van der Waals surface area contributed by atoms with Crippen LogP contribution in [0.15, 0.2) is 0 Å². The van der Waals surface area contributed by atoms with E-state index in [0.29, 0.717) is 24.1 Å². The van der Waals surface area contributed by atoms with Gasteiger partial charge in [-0.15, -0.1) is 0 Å². The molecule has 0 saturated heterocycles. The van der Waals surface area contributed by atoms with E-state index in [2.05, 4.69) is 15.3 Å². The van der Waals surface area contributed by atoms with Crippen LogP contribution in [0, 0.1) is 13.8 Å². The summed E-state index contributed by atoms with van der Waals surface area (Å²) in [4.78, 5) is 19.7. The number of rotatable bonds is 4. The van der Waals surface area contributed by atoms with Crippen LogP contribution >= 0.6 is 0 Å². The van der Waals surface area contributed by atoms with E-state index in [1.165, 1.54) is 0 Å². The Morgan fingerprint density at radius 3 is 2.71 bits per heavy atom. The molecule has 1 heterocycles. The van der Waals surface area contributed by atoms with Crippen molar-refractivity contribution in [3.8, 4) is 0 Å². The summed E-state index contributed by atoms with van der Waals surface area (Å²) in [5.74, 6) is 1.22. The van der Waals surface area contributed by atoms with Crippen LogP contribution in [-0.4, -0.2) is 28.6 Å². The quantitative estimate of drug-likeness (QED) is 0.762. The van der Waals surface area contributed by atoms with Gasteiger partial charge < -0.3 is 15.8 Å². The Morgan fingerprint density at radius 1 is 1.47 bits per heavy atom. The number of carbonyl (C=O) groups excluding carboxylic acids is 1. The van der Waals surface area contributed by atoms with Crippen molar-refractivity contribution in [3.05, 3.63) is 11.4 Å². The number of aryl methyl sites for hydroxylation is 1. The number of hydrogen-bond donors (Lipinski definition) is 2. The molecule has 0 aliphatic rings. The summed E-state index contributed by atoms with van der Waals surface area (Å²) >= 11 is 0. The van der Waals surface area contributed by atoms with Gasteiger partial charge >= 0.3 is 5.97 Å². The van der Waals surface area contributed by atoms with Crippen LogP contribution in [-0.2, 0) is 9.53 Å². The third kappa shape index (κ3) is 3.30. The zero-order valence-electron chi connectivity index (χ0n) is 10.6. The third-order valence-electron chi connectivity index (χ3n) is 2.29. The standard InChI is InChI=1S/C11H18N4O2/c1-5-17-11(16)7(3)13-10-6(2)9(12)14-8(4)15-10/h7H,5H2,1-4H3,(H3,12,13,14,15). The van der Waals surface area contributed by atoms with E-state index in [9.17, 15) is 4.79 Å². The second-order valence-corrected chi connectivity index (χ2v) is 3.75. The number of nitrogen functional groups attached to an aromatic ring is 1. The fourth-order valence-corrected chi connectivity index (χ4v) is 1.32. The number of ether oxygens (including phenoxy) is 1. The summed E-state index contributed by atoms with van der Waals surface area (Å²) in [6, 6.07) is -0.470. The Kier molecular flexibility index (Phi) is 4.25. The smallest absolute Gasteiger partial charge is 0.328 e. The molecule has 1 unspecified atom stereocenters. The van der Waals surface area contributed by atoms with Crippen LogP contribution in [0.25, 0.3) is 0 Å². The third-order valence-corrected chi connectivity index (χ3v) is 2.29. The lowest BCUT2D eigenvalue weighted by atomic mass is 10.2. The van der Waals surface area contributed by atoms with Crippen LogP contribution in [0.2, 0.25) is 0 Å². The predicted molar refractivity (Wildman–Crippen MR) is 65.6 cm³/mol. The number of carbonyl (C=O) groups is 1. The zero-order valence-corrected chi connectivity index (χ0v) is 10.6. The fraction of sp³-hybridized carbons (Fsp3) is 0.545. The summed E-state index contributed by atoms with van der Waals surface area (Å²) in [6.45, 7) is 7.38. The highest BCUT2D eigenvalue weighted by atomic mass is 16.5. The SMILES string of the molecule is CCOC(=O)C(C)Nc1nc(C)nc(N)c1C. The van der Waals surface area contributed by atoms with Gasteiger partial charge in [-0.3, -0.25) is 0 Å². The molecule has 0 aliphatic heterocycles. The molecule has 3 N–H and O–H groups in total. The molecule has 17 heavy (non-hydrogen) atoms. The van der Waals surface area contributed by atoms with Gasteiger partial charge in [-0.1, -0.05) is 0 Å². The second-order valence-electron chi connectivity index (χ2n) is 3.75. The Morgan fingerprint density at radius 2 is 2.12 bits per heavy atom. The molecule has 0 aliphatic carbocycles. The molecule has 0 saturated carbocycles. The Labute approximate surface area is 101 Å². The second kappa shape index (κ2) is 5.47. The lowest BCUT2D eigenvalue weighted by Crippen LogP contribution is -2.29. The molecule has 1 rings (SSSR count). The van der Waals surface area contributed by atoms with Crippen LogP contribution in [0.1, 0.15) is 25.2 Å². The molecular weight excluding hydrogens is 220 g/mol. The highest BCUT2D eigenvalue weighted by Gasteiger charge is 2.16. The number of esters is 1. The van der Waals surface area contributed by atoms with Crippen molar-refractivity contribution in [2.45, 2.75) is 33.7 Å². The molecule has 0 amide bonds. The molecule has 6 heteroatoms. The van der Waals surface area contributed by atoms with Crippen molar-refractivity contribution in [3.63, 3.8) is 0 Å². The summed E-state index contributed by atoms with van der Waals surface area (Å²) < 4.78 is 4.90. The van der Waals surface area contributed by atoms with E-state index in [1.54, 1.807) is 27.7 Å². The first-order valence-corrected chi connectivity index (χ1v) is 5.49. The molecule has 1 aromatic rings. The highest BCUT2D eigenvalue weighted by Crippen LogP contribution is 2.17. The normalized spacial score (nSPS) is 12.0. The number of nitrogens with zero attached hydrogens (tertiary/aromatic N) is 2. The summed E-state index contributed by atoms with van der Waals surface area (Å²) in [5.41, 5.74) is 6.45. The highest BCUT2D eigenvalue weighted by molar-refractivity contribution is 5.79. The van der Waals surface area contributed by atoms with E-state index >= 15 is 0 Å². The van der Waals surface area contributed by atoms with Gasteiger partial charge in [-0.2, -0.15) is 0 Å². The molecule has 6 nitrogen and oxygen atoms in total. The van der Waals surface area contributed by atoms with Gasteiger partial charge in [0.1, 0.15) is 23.5 Å². The zero-order chi connectivity index (χ0) is 13.0. The van der Waals surface area contributed by atoms with Gasteiger partial charge in [-0.25, -0.2) is 14.8 Å². The van der Waals surface area contributed by atoms with Crippen molar-refractivity contribution in [1.82, 2.24) is 9.97 Å². The lowest BCUT2D eigenvalue weighted by molar-refractivity contribution is -0.143. The monoisotopic (exact) mass is 238 g/mol. The number of aromatic nitrogens is 2. The molecule has 1 aromatic heterocycles. The minimum atomic E-state index is -0.470. The first-order chi connectivity index (χ1) is 7.95. The van der Waals surface area contributed by atoms with Crippen LogP contribution in [0.5, 0.6) is 0 Å². The number of nitrogens with two attached hydrogens (primary N) is 1.